The van der Waals surface area contributed by atoms with Crippen molar-refractivity contribution >= 4 is 11.6 Å². The monoisotopic (exact) mass is 475 g/mol. The number of hydrogen-bond donors (Lipinski definition) is 0. The van der Waals surface area contributed by atoms with Crippen LogP contribution in [0.1, 0.15) is 43.9 Å². The summed E-state index contributed by atoms with van der Waals surface area (Å²) in [4.78, 5) is 6.85. The smallest absolute Gasteiger partial charge is 0.254 e. The van der Waals surface area contributed by atoms with Gasteiger partial charge >= 0.3 is 0 Å². The van der Waals surface area contributed by atoms with E-state index in [1.165, 1.54) is 38.3 Å². The van der Waals surface area contributed by atoms with Crippen LogP contribution >= 0.6 is 11.6 Å². The number of rotatable bonds is 6. The van der Waals surface area contributed by atoms with E-state index in [1.54, 1.807) is 18.3 Å². The van der Waals surface area contributed by atoms with Crippen LogP contribution in [-0.2, 0) is 0 Å². The lowest BCUT2D eigenvalue weighted by atomic mass is 9.97. The molecule has 0 radical (unpaired) electrons. The number of aromatic nitrogens is 1. The Labute approximate surface area is 205 Å². The molecule has 34 heavy (non-hydrogen) atoms. The predicted molar refractivity (Wildman–Crippen MR) is 136 cm³/mol. The van der Waals surface area contributed by atoms with Gasteiger partial charge in [0, 0.05) is 40.5 Å². The van der Waals surface area contributed by atoms with Gasteiger partial charge in [-0.25, -0.2) is 9.37 Å². The third-order valence-corrected chi connectivity index (χ3v) is 7.35. The number of hydrogen-bond acceptors (Lipinski definition) is 2. The molecule has 1 atom stereocenters. The van der Waals surface area contributed by atoms with E-state index in [4.69, 9.17) is 16.3 Å². The molecule has 0 spiro atoms. The van der Waals surface area contributed by atoms with E-state index in [9.17, 15) is 4.39 Å². The number of ether oxygens (including phenoxy) is 1. The highest BCUT2D eigenvalue weighted by molar-refractivity contribution is 6.30. The molecule has 174 valence electrons. The molecule has 2 aromatic carbocycles. The summed E-state index contributed by atoms with van der Waals surface area (Å²) in [5.41, 5.74) is 3.05. The molecule has 5 rings (SSSR count). The largest absolute Gasteiger partial charge is 0.582 e. The molecule has 0 bridgehead atoms. The first kappa shape index (κ1) is 22.9. The van der Waals surface area contributed by atoms with Crippen molar-refractivity contribution in [2.45, 2.75) is 38.6 Å². The van der Waals surface area contributed by atoms with Crippen molar-refractivity contribution in [3.05, 3.63) is 82.9 Å². The summed E-state index contributed by atoms with van der Waals surface area (Å²) >= 11 is 5.92. The maximum absolute atomic E-state index is 14.5. The van der Waals surface area contributed by atoms with Gasteiger partial charge in [0.1, 0.15) is 5.69 Å². The molecule has 1 aliphatic carbocycles. The number of benzene rings is 2. The zero-order valence-corrected chi connectivity index (χ0v) is 20.2. The number of nitrogens with zero attached hydrogens (tertiary/aromatic N) is 2. The lowest BCUT2D eigenvalue weighted by molar-refractivity contribution is 0.0369. The summed E-state index contributed by atoms with van der Waals surface area (Å²) in [5, 5.41) is 0.640. The normalized spacial score (nSPS) is 18.9. The fraction of sp³-hybridized carbons (Fsp3) is 0.345. The van der Waals surface area contributed by atoms with Crippen LogP contribution in [0.15, 0.2) is 60.8 Å². The minimum atomic E-state index is -0.438. The average molecular weight is 476 g/mol. The summed E-state index contributed by atoms with van der Waals surface area (Å²) in [5.74, 6) is 6.37. The molecule has 1 saturated heterocycles. The zero-order valence-electron chi connectivity index (χ0n) is 19.4. The average Bonchev–Trinajstić information content (AvgIpc) is 3.40. The first-order valence-electron chi connectivity index (χ1n) is 12.0. The molecule has 1 N–H and O–H groups in total. The van der Waals surface area contributed by atoms with E-state index in [2.05, 4.69) is 28.6 Å². The minimum absolute atomic E-state index is 0.135. The Morgan fingerprint density at radius 2 is 1.85 bits per heavy atom. The molecule has 1 saturated carbocycles. The predicted octanol–water partition coefficient (Wildman–Crippen LogP) is 6.45. The minimum Gasteiger partial charge on any atom is -0.582 e. The molecule has 0 amide bonds. The Kier molecular flexibility index (Phi) is 6.59. The van der Waals surface area contributed by atoms with Gasteiger partial charge in [0.15, 0.2) is 12.4 Å². The van der Waals surface area contributed by atoms with Gasteiger partial charge in [0.05, 0.1) is 6.54 Å². The van der Waals surface area contributed by atoms with E-state index in [-0.39, 0.29) is 5.69 Å². The van der Waals surface area contributed by atoms with Gasteiger partial charge in [-0.1, -0.05) is 36.6 Å². The second-order valence-corrected chi connectivity index (χ2v) is 10.0. The van der Waals surface area contributed by atoms with Crippen molar-refractivity contribution in [1.29, 1.82) is 0 Å². The highest BCUT2D eigenvalue weighted by Crippen LogP contribution is 2.52. The second kappa shape index (κ2) is 9.78. The van der Waals surface area contributed by atoms with E-state index >= 15 is 0 Å². The molecule has 0 unspecified atom stereocenters. The van der Waals surface area contributed by atoms with Gasteiger partial charge in [-0.2, -0.15) is 0 Å². The molecule has 3 nitrogen and oxygen atoms in total. The van der Waals surface area contributed by atoms with Crippen LogP contribution < -0.4 is 0 Å². The van der Waals surface area contributed by atoms with Gasteiger partial charge in [-0.3, -0.25) is 4.90 Å². The SMILES string of the molecule is CC1([C@@H]2CCCN2CC[OH+]c2ccc(C#Cc3ncc(-c4ccc(Cl)cc4)cc3F)cc2)CC1. The maximum atomic E-state index is 14.5. The third kappa shape index (κ3) is 5.27. The quantitative estimate of drug-likeness (QED) is 0.303. The lowest BCUT2D eigenvalue weighted by Gasteiger charge is -2.28. The third-order valence-electron chi connectivity index (χ3n) is 7.10. The van der Waals surface area contributed by atoms with Crippen molar-refractivity contribution in [3.63, 3.8) is 0 Å². The first-order chi connectivity index (χ1) is 16.5. The van der Waals surface area contributed by atoms with Gasteiger partial charge in [0.2, 0.25) is 0 Å². The van der Waals surface area contributed by atoms with Crippen molar-refractivity contribution in [2.75, 3.05) is 19.7 Å². The Morgan fingerprint density at radius 1 is 1.09 bits per heavy atom. The molecule has 1 aliphatic heterocycles. The number of aliphatic hydroxyl groups is 1. The lowest BCUT2D eigenvalue weighted by Crippen LogP contribution is -2.37. The van der Waals surface area contributed by atoms with Crippen molar-refractivity contribution in [2.24, 2.45) is 5.41 Å². The highest BCUT2D eigenvalue weighted by atomic mass is 35.5. The molecule has 2 heterocycles. The van der Waals surface area contributed by atoms with Crippen LogP contribution in [0.4, 0.5) is 4.39 Å². The summed E-state index contributed by atoms with van der Waals surface area (Å²) in [6, 6.07) is 17.2. The highest BCUT2D eigenvalue weighted by Gasteiger charge is 2.48. The number of halogens is 2. The summed E-state index contributed by atoms with van der Waals surface area (Å²) in [6.45, 7) is 5.48. The van der Waals surface area contributed by atoms with Gasteiger partial charge in [-0.05, 0) is 79.5 Å². The molecule has 2 aliphatic rings. The standard InChI is InChI=1S/C29H28ClFN2O/c1-29(14-15-29)28-3-2-16-33(28)17-18-34-25-11-4-21(5-12-25)6-13-27-26(31)19-23(20-32-27)22-7-9-24(30)10-8-22/h4-5,7-12,19-20,28H,2-3,14-18H2,1H3/p+1/t28-/m0/s1. The summed E-state index contributed by atoms with van der Waals surface area (Å²) < 4.78 is 19.3. The molecule has 2 fully saturated rings. The molecular weight excluding hydrogens is 447 g/mol. The molecular formula is C29H29ClFN2O+. The molecule has 3 aromatic rings. The Morgan fingerprint density at radius 3 is 2.56 bits per heavy atom. The Balaban J connectivity index is 1.16. The van der Waals surface area contributed by atoms with Crippen molar-refractivity contribution < 1.29 is 9.13 Å². The second-order valence-electron chi connectivity index (χ2n) is 9.59. The number of likely N-dealkylation sites (tertiary alicyclic amines) is 1. The van der Waals surface area contributed by atoms with Crippen molar-refractivity contribution in [3.8, 4) is 28.7 Å². The van der Waals surface area contributed by atoms with Crippen LogP contribution in [0.3, 0.4) is 0 Å². The molecule has 5 heteroatoms. The van der Waals surface area contributed by atoms with Crippen LogP contribution in [0.5, 0.6) is 5.75 Å². The van der Waals surface area contributed by atoms with Crippen LogP contribution in [0, 0.1) is 23.1 Å². The summed E-state index contributed by atoms with van der Waals surface area (Å²) in [7, 11) is 0. The van der Waals surface area contributed by atoms with Crippen LogP contribution in [0.2, 0.25) is 5.02 Å². The summed E-state index contributed by atoms with van der Waals surface area (Å²) in [6.07, 6.45) is 7.03. The van der Waals surface area contributed by atoms with Gasteiger partial charge < -0.3 is 4.74 Å². The zero-order chi connectivity index (χ0) is 23.5. The molecule has 1 aromatic heterocycles. The topological polar surface area (TPSA) is 28.9 Å². The van der Waals surface area contributed by atoms with Crippen molar-refractivity contribution in [1.82, 2.24) is 9.88 Å². The van der Waals surface area contributed by atoms with E-state index in [0.717, 1.165) is 36.1 Å². The first-order valence-corrected chi connectivity index (χ1v) is 12.3. The number of pyridine rings is 1. The van der Waals surface area contributed by atoms with E-state index < -0.39 is 5.82 Å². The van der Waals surface area contributed by atoms with Gasteiger partial charge in [-0.15, -0.1) is 0 Å². The van der Waals surface area contributed by atoms with Gasteiger partial charge in [0.25, 0.3) is 5.75 Å². The maximum Gasteiger partial charge on any atom is 0.254 e. The van der Waals surface area contributed by atoms with E-state index in [0.29, 0.717) is 16.0 Å². The Hall–Kier alpha value is -2.87. The Bertz CT molecular complexity index is 1210. The van der Waals surface area contributed by atoms with Crippen LogP contribution in [0.25, 0.3) is 11.1 Å². The van der Waals surface area contributed by atoms with Crippen LogP contribution in [-0.4, -0.2) is 40.4 Å². The van der Waals surface area contributed by atoms with E-state index in [1.807, 2.05) is 36.4 Å². The fourth-order valence-corrected chi connectivity index (χ4v) is 4.96. The number of aromatic hydroxyl groups is 1. The fourth-order valence-electron chi connectivity index (χ4n) is 4.83.